The molecule has 52 valence electrons. The Morgan fingerprint density at radius 2 is 2.40 bits per heavy atom. The Kier molecular flexibility index (Phi) is 1.34. The second-order valence-electron chi connectivity index (χ2n) is 2.36. The van der Waals surface area contributed by atoms with Crippen molar-refractivity contribution in [2.24, 2.45) is 0 Å². The van der Waals surface area contributed by atoms with Crippen LogP contribution < -0.4 is 4.74 Å². The van der Waals surface area contributed by atoms with Gasteiger partial charge in [-0.1, -0.05) is 17.8 Å². The summed E-state index contributed by atoms with van der Waals surface area (Å²) in [5.74, 6) is 1.82. The molecule has 1 heterocycles. The van der Waals surface area contributed by atoms with Crippen LogP contribution in [0.4, 0.5) is 0 Å². The number of hydrogen-bond acceptors (Lipinski definition) is 2. The molecule has 1 aromatic carbocycles. The lowest BCUT2D eigenvalue weighted by Crippen LogP contribution is -1.82. The van der Waals surface area contributed by atoms with Crippen LogP contribution in [-0.4, -0.2) is 5.94 Å². The van der Waals surface area contributed by atoms with Crippen LogP contribution in [0.2, 0.25) is 0 Å². The molecule has 0 saturated carbocycles. The van der Waals surface area contributed by atoms with Crippen LogP contribution in [0, 0.1) is 6.92 Å². The Labute approximate surface area is 64.4 Å². The highest BCUT2D eigenvalue weighted by Gasteiger charge is 2.10. The smallest absolute Gasteiger partial charge is 0.138 e. The molecule has 2 rings (SSSR count). The van der Waals surface area contributed by atoms with Gasteiger partial charge < -0.3 is 4.74 Å². The largest absolute Gasteiger partial charge is 0.481 e. The summed E-state index contributed by atoms with van der Waals surface area (Å²) in [6.07, 6.45) is 0. The van der Waals surface area contributed by atoms with Gasteiger partial charge in [0.15, 0.2) is 0 Å². The van der Waals surface area contributed by atoms with Gasteiger partial charge in [-0.25, -0.2) is 0 Å². The average molecular weight is 152 g/mol. The lowest BCUT2D eigenvalue weighted by molar-refractivity contribution is 0.397. The quantitative estimate of drug-likeness (QED) is 0.564. The molecule has 1 aliphatic rings. The van der Waals surface area contributed by atoms with Gasteiger partial charge in [-0.3, -0.25) is 0 Å². The SMILES string of the molecule is Cc1ccc2c(c1)OCS2. The number of aryl methyl sites for hydroxylation is 1. The van der Waals surface area contributed by atoms with E-state index in [0.29, 0.717) is 0 Å². The molecular weight excluding hydrogens is 144 g/mol. The van der Waals surface area contributed by atoms with E-state index < -0.39 is 0 Å². The topological polar surface area (TPSA) is 9.23 Å². The van der Waals surface area contributed by atoms with Crippen molar-refractivity contribution in [2.75, 3.05) is 5.94 Å². The lowest BCUT2D eigenvalue weighted by atomic mass is 10.2. The molecule has 2 heteroatoms. The number of hydrogen-bond donors (Lipinski definition) is 0. The summed E-state index contributed by atoms with van der Waals surface area (Å²) in [5.41, 5.74) is 1.27. The van der Waals surface area contributed by atoms with E-state index in [0.717, 1.165) is 11.7 Å². The third-order valence-corrected chi connectivity index (χ3v) is 2.41. The number of fused-ring (bicyclic) bond motifs is 1. The van der Waals surface area contributed by atoms with Crippen molar-refractivity contribution in [2.45, 2.75) is 11.8 Å². The summed E-state index contributed by atoms with van der Waals surface area (Å²) in [6.45, 7) is 2.08. The van der Waals surface area contributed by atoms with Crippen LogP contribution in [0.15, 0.2) is 23.1 Å². The molecule has 0 fully saturated rings. The summed E-state index contributed by atoms with van der Waals surface area (Å²) in [4.78, 5) is 1.27. The van der Waals surface area contributed by atoms with Crippen LogP contribution in [0.1, 0.15) is 5.56 Å². The van der Waals surface area contributed by atoms with Crippen LogP contribution in [-0.2, 0) is 0 Å². The molecule has 0 bridgehead atoms. The zero-order chi connectivity index (χ0) is 6.97. The first kappa shape index (κ1) is 6.10. The van der Waals surface area contributed by atoms with Gasteiger partial charge in [0.2, 0.25) is 0 Å². The van der Waals surface area contributed by atoms with Crippen molar-refractivity contribution < 1.29 is 4.74 Å². The molecule has 0 saturated heterocycles. The van der Waals surface area contributed by atoms with Crippen LogP contribution >= 0.6 is 11.8 Å². The zero-order valence-corrected chi connectivity index (χ0v) is 6.57. The van der Waals surface area contributed by atoms with Gasteiger partial charge >= 0.3 is 0 Å². The minimum Gasteiger partial charge on any atom is -0.481 e. The maximum Gasteiger partial charge on any atom is 0.138 e. The summed E-state index contributed by atoms with van der Waals surface area (Å²) in [5, 5.41) is 0. The summed E-state index contributed by atoms with van der Waals surface area (Å²) in [7, 11) is 0. The predicted molar refractivity (Wildman–Crippen MR) is 42.5 cm³/mol. The number of thioether (sulfide) groups is 1. The van der Waals surface area contributed by atoms with Gasteiger partial charge in [0, 0.05) is 0 Å². The van der Waals surface area contributed by atoms with E-state index in [2.05, 4.69) is 25.1 Å². The van der Waals surface area contributed by atoms with E-state index in [9.17, 15) is 0 Å². The minimum absolute atomic E-state index is 0.777. The van der Waals surface area contributed by atoms with Gasteiger partial charge in [0.1, 0.15) is 11.7 Å². The Morgan fingerprint density at radius 3 is 3.30 bits per heavy atom. The Morgan fingerprint density at radius 1 is 1.50 bits per heavy atom. The standard InChI is InChI=1S/C8H8OS/c1-6-2-3-8-7(4-6)9-5-10-8/h2-4H,5H2,1H3. The van der Waals surface area contributed by atoms with Gasteiger partial charge in [0.05, 0.1) is 4.90 Å². The highest BCUT2D eigenvalue weighted by molar-refractivity contribution is 7.99. The van der Waals surface area contributed by atoms with Crippen molar-refractivity contribution in [1.29, 1.82) is 0 Å². The average Bonchev–Trinajstić information content (AvgIpc) is 2.33. The second kappa shape index (κ2) is 2.20. The number of ether oxygens (including phenoxy) is 1. The molecule has 1 aliphatic heterocycles. The van der Waals surface area contributed by atoms with E-state index in [1.807, 2.05) is 0 Å². The molecule has 0 aliphatic carbocycles. The first-order valence-electron chi connectivity index (χ1n) is 3.22. The summed E-state index contributed by atoms with van der Waals surface area (Å²) in [6, 6.07) is 6.30. The van der Waals surface area contributed by atoms with Gasteiger partial charge in [-0.2, -0.15) is 0 Å². The molecule has 0 atom stereocenters. The number of rotatable bonds is 0. The molecule has 0 N–H and O–H groups in total. The molecule has 0 spiro atoms. The maximum atomic E-state index is 5.34. The van der Waals surface area contributed by atoms with E-state index in [1.165, 1.54) is 10.5 Å². The molecule has 0 aromatic heterocycles. The van der Waals surface area contributed by atoms with E-state index in [1.54, 1.807) is 11.8 Å². The van der Waals surface area contributed by atoms with Crippen LogP contribution in [0.3, 0.4) is 0 Å². The Hall–Kier alpha value is -0.630. The first-order valence-corrected chi connectivity index (χ1v) is 4.21. The molecule has 0 amide bonds. The normalized spacial score (nSPS) is 14.5. The van der Waals surface area contributed by atoms with Crippen LogP contribution in [0.5, 0.6) is 5.75 Å². The van der Waals surface area contributed by atoms with Gasteiger partial charge in [0.25, 0.3) is 0 Å². The lowest BCUT2D eigenvalue weighted by Gasteiger charge is -1.96. The van der Waals surface area contributed by atoms with Crippen molar-refractivity contribution >= 4 is 11.8 Å². The van der Waals surface area contributed by atoms with Crippen molar-refractivity contribution in [3.05, 3.63) is 23.8 Å². The van der Waals surface area contributed by atoms with Gasteiger partial charge in [-0.15, -0.1) is 0 Å². The Bertz CT molecular complexity index is 257. The molecule has 0 radical (unpaired) electrons. The second-order valence-corrected chi connectivity index (χ2v) is 3.32. The zero-order valence-electron chi connectivity index (χ0n) is 5.76. The molecule has 1 nitrogen and oxygen atoms in total. The minimum atomic E-state index is 0.777. The monoisotopic (exact) mass is 152 g/mol. The van der Waals surface area contributed by atoms with E-state index in [-0.39, 0.29) is 0 Å². The molecule has 0 unspecified atom stereocenters. The summed E-state index contributed by atoms with van der Waals surface area (Å²) < 4.78 is 5.34. The third kappa shape index (κ3) is 0.886. The maximum absolute atomic E-state index is 5.34. The third-order valence-electron chi connectivity index (χ3n) is 1.53. The van der Waals surface area contributed by atoms with Crippen molar-refractivity contribution in [1.82, 2.24) is 0 Å². The molecule has 10 heavy (non-hydrogen) atoms. The highest BCUT2D eigenvalue weighted by Crippen LogP contribution is 2.36. The van der Waals surface area contributed by atoms with E-state index in [4.69, 9.17) is 4.74 Å². The van der Waals surface area contributed by atoms with Crippen molar-refractivity contribution in [3.63, 3.8) is 0 Å². The molecular formula is C8H8OS. The number of benzene rings is 1. The first-order chi connectivity index (χ1) is 4.86. The van der Waals surface area contributed by atoms with Crippen LogP contribution in [0.25, 0.3) is 0 Å². The highest BCUT2D eigenvalue weighted by atomic mass is 32.2. The van der Waals surface area contributed by atoms with Gasteiger partial charge in [-0.05, 0) is 24.6 Å². The fraction of sp³-hybridized carbons (Fsp3) is 0.250. The Balaban J connectivity index is 2.52. The fourth-order valence-corrected chi connectivity index (χ4v) is 1.74. The van der Waals surface area contributed by atoms with E-state index >= 15 is 0 Å². The summed E-state index contributed by atoms with van der Waals surface area (Å²) >= 11 is 1.75. The molecule has 1 aromatic rings. The predicted octanol–water partition coefficient (Wildman–Crippen LogP) is 2.44. The fourth-order valence-electron chi connectivity index (χ4n) is 1.00. The van der Waals surface area contributed by atoms with Crippen molar-refractivity contribution in [3.8, 4) is 5.75 Å².